The Morgan fingerprint density at radius 1 is 1.15 bits per heavy atom. The van der Waals surface area contributed by atoms with E-state index < -0.39 is 0 Å². The molecule has 2 aromatic rings. The molecule has 0 aliphatic rings. The summed E-state index contributed by atoms with van der Waals surface area (Å²) < 4.78 is 6.61. The number of hydrogen-bond donors (Lipinski definition) is 2. The Labute approximate surface area is 153 Å². The van der Waals surface area contributed by atoms with Crippen LogP contribution < -0.4 is 10.6 Å². The predicted octanol–water partition coefficient (Wildman–Crippen LogP) is 0.782. The Morgan fingerprint density at radius 2 is 1.88 bits per heavy atom. The minimum Gasteiger partial charge on any atom is -0.385 e. The Bertz CT molecular complexity index is 742. The lowest BCUT2D eigenvalue weighted by molar-refractivity contribution is 0.0941. The monoisotopic (exact) mass is 361 g/mol. The van der Waals surface area contributed by atoms with Crippen molar-refractivity contribution in [2.24, 2.45) is 0 Å². The van der Waals surface area contributed by atoms with Crippen molar-refractivity contribution in [3.63, 3.8) is 0 Å². The Kier molecular flexibility index (Phi) is 7.55. The maximum atomic E-state index is 12.5. The lowest BCUT2D eigenvalue weighted by atomic mass is 10.3. The van der Waals surface area contributed by atoms with Crippen molar-refractivity contribution in [2.45, 2.75) is 12.8 Å². The van der Waals surface area contributed by atoms with Crippen molar-refractivity contribution in [3.05, 3.63) is 35.9 Å². The van der Waals surface area contributed by atoms with Gasteiger partial charge in [0.15, 0.2) is 5.69 Å². The summed E-state index contributed by atoms with van der Waals surface area (Å²) in [6, 6.07) is 5.40. The van der Waals surface area contributed by atoms with Gasteiger partial charge in [-0.15, -0.1) is 0 Å². The molecule has 0 atom stereocenters. The number of nitrogens with one attached hydrogen (secondary N) is 2. The molecular weight excluding hydrogens is 334 g/mol. The number of carbonyl (C=O) groups excluding carboxylic acids is 2. The van der Waals surface area contributed by atoms with E-state index in [1.807, 2.05) is 20.2 Å². The molecule has 0 bridgehead atoms. The average Bonchev–Trinajstić information content (AvgIpc) is 3.02. The highest BCUT2D eigenvalue weighted by Crippen LogP contribution is 2.13. The first-order chi connectivity index (χ1) is 12.5. The lowest BCUT2D eigenvalue weighted by Crippen LogP contribution is -2.29. The molecule has 0 unspecified atom stereocenters. The number of ether oxygens (including phenoxy) is 1. The minimum absolute atomic E-state index is 0.215. The molecule has 2 N–H and O–H groups in total. The average molecular weight is 361 g/mol. The first-order valence-corrected chi connectivity index (χ1v) is 8.71. The van der Waals surface area contributed by atoms with Crippen LogP contribution >= 0.6 is 0 Å². The van der Waals surface area contributed by atoms with Gasteiger partial charge in [-0.25, -0.2) is 4.98 Å². The molecule has 8 heteroatoms. The molecule has 2 heterocycles. The predicted molar refractivity (Wildman–Crippen MR) is 99.5 cm³/mol. The van der Waals surface area contributed by atoms with E-state index in [1.54, 1.807) is 29.8 Å². The topological polar surface area (TPSA) is 88.0 Å². The zero-order chi connectivity index (χ0) is 18.9. The van der Waals surface area contributed by atoms with Crippen LogP contribution in [0.4, 0.5) is 0 Å². The van der Waals surface area contributed by atoms with Gasteiger partial charge in [0.05, 0.1) is 5.52 Å². The number of hydrogen-bond acceptors (Lipinski definition) is 5. The van der Waals surface area contributed by atoms with Crippen LogP contribution in [0.15, 0.2) is 24.4 Å². The third kappa shape index (κ3) is 5.27. The number of fused-ring (bicyclic) bond motifs is 1. The van der Waals surface area contributed by atoms with Gasteiger partial charge in [0.2, 0.25) is 5.82 Å². The first-order valence-electron chi connectivity index (χ1n) is 8.71. The zero-order valence-corrected chi connectivity index (χ0v) is 15.6. The van der Waals surface area contributed by atoms with Crippen molar-refractivity contribution < 1.29 is 14.3 Å². The number of pyridine rings is 1. The Hall–Kier alpha value is -2.45. The van der Waals surface area contributed by atoms with Gasteiger partial charge >= 0.3 is 0 Å². The van der Waals surface area contributed by atoms with Crippen LogP contribution in [0, 0.1) is 0 Å². The summed E-state index contributed by atoms with van der Waals surface area (Å²) in [5.74, 6) is -0.368. The normalized spacial score (nSPS) is 11.1. The molecule has 2 aromatic heterocycles. The van der Waals surface area contributed by atoms with Gasteiger partial charge < -0.3 is 20.3 Å². The second-order valence-electron chi connectivity index (χ2n) is 6.25. The minimum atomic E-state index is -0.295. The fourth-order valence-corrected chi connectivity index (χ4v) is 2.54. The van der Waals surface area contributed by atoms with Crippen molar-refractivity contribution in [2.75, 3.05) is 47.4 Å². The van der Waals surface area contributed by atoms with E-state index in [0.29, 0.717) is 31.6 Å². The van der Waals surface area contributed by atoms with Crippen LogP contribution in [0.5, 0.6) is 0 Å². The highest BCUT2D eigenvalue weighted by molar-refractivity contribution is 6.02. The highest BCUT2D eigenvalue weighted by Gasteiger charge is 2.20. The van der Waals surface area contributed by atoms with Gasteiger partial charge in [-0.3, -0.25) is 14.0 Å². The molecule has 2 amide bonds. The van der Waals surface area contributed by atoms with Gasteiger partial charge in [-0.05, 0) is 45.6 Å². The van der Waals surface area contributed by atoms with Gasteiger partial charge in [-0.2, -0.15) is 0 Å². The number of aromatic nitrogens is 2. The number of amides is 2. The molecule has 142 valence electrons. The molecule has 0 aromatic carbocycles. The summed E-state index contributed by atoms with van der Waals surface area (Å²) in [7, 11) is 5.59. The third-order valence-electron chi connectivity index (χ3n) is 3.85. The molecule has 0 aliphatic heterocycles. The number of methoxy groups -OCH3 is 1. The summed E-state index contributed by atoms with van der Waals surface area (Å²) in [6.45, 7) is 2.50. The number of carbonyl (C=O) groups is 2. The second kappa shape index (κ2) is 9.88. The second-order valence-corrected chi connectivity index (χ2v) is 6.25. The van der Waals surface area contributed by atoms with Crippen LogP contribution in [-0.2, 0) is 4.74 Å². The fraction of sp³-hybridized carbons (Fsp3) is 0.500. The van der Waals surface area contributed by atoms with E-state index in [-0.39, 0.29) is 23.3 Å². The van der Waals surface area contributed by atoms with E-state index in [0.717, 1.165) is 13.0 Å². The largest absolute Gasteiger partial charge is 0.385 e. The smallest absolute Gasteiger partial charge is 0.287 e. The molecule has 8 nitrogen and oxygen atoms in total. The molecule has 26 heavy (non-hydrogen) atoms. The van der Waals surface area contributed by atoms with Crippen molar-refractivity contribution >= 4 is 17.3 Å². The lowest BCUT2D eigenvalue weighted by Gasteiger charge is -2.09. The molecular formula is C18H27N5O3. The zero-order valence-electron chi connectivity index (χ0n) is 15.6. The Morgan fingerprint density at radius 3 is 2.62 bits per heavy atom. The molecule has 0 saturated heterocycles. The molecule has 0 saturated carbocycles. The van der Waals surface area contributed by atoms with Gasteiger partial charge in [-0.1, -0.05) is 6.07 Å². The van der Waals surface area contributed by atoms with Crippen molar-refractivity contribution in [1.82, 2.24) is 24.9 Å². The Balaban J connectivity index is 2.10. The van der Waals surface area contributed by atoms with E-state index in [1.165, 1.54) is 0 Å². The van der Waals surface area contributed by atoms with Crippen LogP contribution in [0.2, 0.25) is 0 Å². The maximum absolute atomic E-state index is 12.5. The molecule has 0 fully saturated rings. The van der Waals surface area contributed by atoms with Crippen molar-refractivity contribution in [3.8, 4) is 0 Å². The molecule has 0 spiro atoms. The van der Waals surface area contributed by atoms with Crippen LogP contribution in [0.25, 0.3) is 5.52 Å². The highest BCUT2D eigenvalue weighted by atomic mass is 16.5. The third-order valence-corrected chi connectivity index (χ3v) is 3.85. The summed E-state index contributed by atoms with van der Waals surface area (Å²) in [5, 5.41) is 5.67. The quantitative estimate of drug-likeness (QED) is 0.611. The molecule has 0 radical (unpaired) electrons. The van der Waals surface area contributed by atoms with E-state index in [9.17, 15) is 9.59 Å². The molecule has 0 aliphatic carbocycles. The SMILES string of the molecule is COCCCNC(=O)c1nc(C(=O)NCCCN(C)C)n2ccccc12. The van der Waals surface area contributed by atoms with Gasteiger partial charge in [0, 0.05) is 33.0 Å². The number of nitrogens with zero attached hydrogens (tertiary/aromatic N) is 3. The summed E-state index contributed by atoms with van der Waals surface area (Å²) >= 11 is 0. The van der Waals surface area contributed by atoms with Gasteiger partial charge in [0.1, 0.15) is 0 Å². The molecule has 2 rings (SSSR count). The summed E-state index contributed by atoms with van der Waals surface area (Å²) in [4.78, 5) is 31.3. The number of imidazole rings is 1. The summed E-state index contributed by atoms with van der Waals surface area (Å²) in [6.07, 6.45) is 3.29. The first kappa shape index (κ1) is 19.9. The van der Waals surface area contributed by atoms with Gasteiger partial charge in [0.25, 0.3) is 11.8 Å². The standard InChI is InChI=1S/C18H27N5O3/c1-22(2)11-6-9-20-18(25)16-21-15(14-8-4-5-12-23(14)16)17(24)19-10-7-13-26-3/h4-5,8,12H,6-7,9-11,13H2,1-3H3,(H,19,24)(H,20,25). The fourth-order valence-electron chi connectivity index (χ4n) is 2.54. The van der Waals surface area contributed by atoms with Crippen LogP contribution in [-0.4, -0.2) is 73.5 Å². The maximum Gasteiger partial charge on any atom is 0.287 e. The summed E-state index contributed by atoms with van der Waals surface area (Å²) in [5.41, 5.74) is 0.858. The number of rotatable bonds is 10. The van der Waals surface area contributed by atoms with E-state index in [4.69, 9.17) is 4.74 Å². The van der Waals surface area contributed by atoms with Crippen LogP contribution in [0.3, 0.4) is 0 Å². The van der Waals surface area contributed by atoms with Crippen LogP contribution in [0.1, 0.15) is 33.9 Å². The van der Waals surface area contributed by atoms with Crippen molar-refractivity contribution in [1.29, 1.82) is 0 Å². The van der Waals surface area contributed by atoms with E-state index in [2.05, 4.69) is 20.5 Å². The van der Waals surface area contributed by atoms with E-state index >= 15 is 0 Å².